The molecule has 0 amide bonds. The molecule has 0 saturated carbocycles. The minimum absolute atomic E-state index is 0.0146. The Balaban J connectivity index is 2.50. The maximum Gasteiger partial charge on any atom is 0.212 e. The summed E-state index contributed by atoms with van der Waals surface area (Å²) in [5.74, 6) is 0.931. The first kappa shape index (κ1) is 22.1. The van der Waals surface area contributed by atoms with Crippen molar-refractivity contribution in [2.75, 3.05) is 0 Å². The predicted molar refractivity (Wildman–Crippen MR) is 149 cm³/mol. The topological polar surface area (TPSA) is 3.88 Å². The fraction of sp³-hybridized carbons (Fsp3) is 0.485. The zero-order valence-electron chi connectivity index (χ0n) is 26.2. The van der Waals surface area contributed by atoms with Crippen LogP contribution >= 0.6 is 0 Å². The Morgan fingerprint density at radius 1 is 0.765 bits per heavy atom. The van der Waals surface area contributed by atoms with Gasteiger partial charge in [-0.15, -0.1) is 0 Å². The molecule has 0 radical (unpaired) electrons. The molecule has 2 aromatic carbocycles. The fourth-order valence-electron chi connectivity index (χ4n) is 4.76. The highest BCUT2D eigenvalue weighted by atomic mass is 14.9. The molecule has 0 aliphatic rings. The van der Waals surface area contributed by atoms with E-state index in [0.29, 0.717) is 11.5 Å². The van der Waals surface area contributed by atoms with Gasteiger partial charge in [-0.3, -0.25) is 0 Å². The van der Waals surface area contributed by atoms with Crippen LogP contribution in [-0.2, 0) is 12.5 Å². The minimum Gasteiger partial charge on any atom is -0.201 e. The van der Waals surface area contributed by atoms with Crippen molar-refractivity contribution < 1.29 is 8.68 Å². The third-order valence-corrected chi connectivity index (χ3v) is 7.06. The number of hydrogen-bond acceptors (Lipinski definition) is 0. The Bertz CT molecular complexity index is 1260. The molecule has 0 atom stereocenters. The number of nitrogens with zero attached hydrogens (tertiary/aromatic N) is 1. The van der Waals surface area contributed by atoms with Crippen LogP contribution in [0.1, 0.15) is 118 Å². The summed E-state index contributed by atoms with van der Waals surface area (Å²) in [6, 6.07) is 13.1. The summed E-state index contributed by atoms with van der Waals surface area (Å²) in [4.78, 5) is 0. The van der Waals surface area contributed by atoms with Gasteiger partial charge in [0.15, 0.2) is 6.20 Å². The lowest BCUT2D eigenvalue weighted by atomic mass is 9.79. The lowest BCUT2D eigenvalue weighted by Gasteiger charge is -2.25. The molecule has 34 heavy (non-hydrogen) atoms. The van der Waals surface area contributed by atoms with E-state index >= 15 is 0 Å². The Morgan fingerprint density at radius 3 is 1.82 bits per heavy atom. The van der Waals surface area contributed by atoms with Crippen molar-refractivity contribution >= 4 is 0 Å². The standard InChI is InChI=1S/C33H46N/c1-20(2)25-16-27(21(3)4)32(28(17-25)22(5)6)30-19-29(23(7)15-24(30)8)31-18-26(33(9,10)11)13-14-34(31)12/h13-22H,1-12H3/q+1/i8D3. The van der Waals surface area contributed by atoms with Crippen molar-refractivity contribution in [1.29, 1.82) is 0 Å². The van der Waals surface area contributed by atoms with Crippen molar-refractivity contribution in [3.05, 3.63) is 76.0 Å². The molecule has 0 N–H and O–H groups in total. The number of benzene rings is 2. The second-order valence-corrected chi connectivity index (χ2v) is 11.9. The third kappa shape index (κ3) is 5.14. The molecule has 3 rings (SSSR count). The van der Waals surface area contributed by atoms with E-state index in [1.165, 1.54) is 22.3 Å². The number of hydrogen-bond donors (Lipinski definition) is 0. The third-order valence-electron chi connectivity index (χ3n) is 7.06. The van der Waals surface area contributed by atoms with Crippen LogP contribution in [0, 0.1) is 13.8 Å². The summed E-state index contributed by atoms with van der Waals surface area (Å²) in [6.07, 6.45) is 2.11. The highest BCUT2D eigenvalue weighted by molar-refractivity contribution is 5.80. The number of aryl methyl sites for hydroxylation is 3. The van der Waals surface area contributed by atoms with E-state index in [-0.39, 0.29) is 17.3 Å². The van der Waals surface area contributed by atoms with Crippen LogP contribution in [0.2, 0.25) is 0 Å². The van der Waals surface area contributed by atoms with Gasteiger partial charge >= 0.3 is 0 Å². The van der Waals surface area contributed by atoms with Crippen molar-refractivity contribution in [1.82, 2.24) is 0 Å². The van der Waals surface area contributed by atoms with Crippen molar-refractivity contribution in [2.24, 2.45) is 7.05 Å². The molecule has 0 spiro atoms. The van der Waals surface area contributed by atoms with E-state index in [0.717, 1.165) is 27.9 Å². The second kappa shape index (κ2) is 9.68. The van der Waals surface area contributed by atoms with Crippen LogP contribution in [0.3, 0.4) is 0 Å². The molecular formula is C33H46N+. The average Bonchev–Trinajstić information content (AvgIpc) is 2.77. The largest absolute Gasteiger partial charge is 0.212 e. The minimum atomic E-state index is -2.21. The molecule has 0 aliphatic carbocycles. The quantitative estimate of drug-likeness (QED) is 0.335. The van der Waals surface area contributed by atoms with Crippen LogP contribution in [0.25, 0.3) is 22.4 Å². The molecule has 1 heterocycles. The van der Waals surface area contributed by atoms with Gasteiger partial charge in [0.2, 0.25) is 5.69 Å². The molecule has 0 fully saturated rings. The Labute approximate surface area is 213 Å². The maximum absolute atomic E-state index is 8.49. The first-order chi connectivity index (χ1) is 16.9. The van der Waals surface area contributed by atoms with Gasteiger partial charge in [-0.2, -0.15) is 0 Å². The summed E-state index contributed by atoms with van der Waals surface area (Å²) in [7, 11) is 2.06. The summed E-state index contributed by atoms with van der Waals surface area (Å²) in [5.41, 5.74) is 10.6. The Hall–Kier alpha value is -2.41. The molecule has 1 nitrogen and oxygen atoms in total. The molecule has 0 aliphatic heterocycles. The van der Waals surface area contributed by atoms with Crippen LogP contribution < -0.4 is 4.57 Å². The van der Waals surface area contributed by atoms with Crippen molar-refractivity contribution in [3.8, 4) is 22.4 Å². The average molecular weight is 460 g/mol. The normalized spacial score (nSPS) is 14.0. The zero-order chi connectivity index (χ0) is 28.0. The van der Waals surface area contributed by atoms with Gasteiger partial charge in [0.1, 0.15) is 7.05 Å². The monoisotopic (exact) mass is 459 g/mol. The molecule has 0 unspecified atom stereocenters. The Morgan fingerprint density at radius 2 is 1.35 bits per heavy atom. The van der Waals surface area contributed by atoms with Crippen molar-refractivity contribution in [2.45, 2.75) is 99.3 Å². The van der Waals surface area contributed by atoms with Crippen molar-refractivity contribution in [3.63, 3.8) is 0 Å². The molecule has 182 valence electrons. The number of aromatic nitrogens is 1. The van der Waals surface area contributed by atoms with Crippen LogP contribution in [0.15, 0.2) is 42.6 Å². The lowest BCUT2D eigenvalue weighted by molar-refractivity contribution is -0.660. The fourth-order valence-corrected chi connectivity index (χ4v) is 4.76. The zero-order valence-corrected chi connectivity index (χ0v) is 23.2. The molecule has 0 saturated heterocycles. The smallest absolute Gasteiger partial charge is 0.201 e. The van der Waals surface area contributed by atoms with Gasteiger partial charge in [0, 0.05) is 21.8 Å². The van der Waals surface area contributed by atoms with E-state index in [1.807, 2.05) is 13.0 Å². The van der Waals surface area contributed by atoms with E-state index in [9.17, 15) is 0 Å². The molecule has 3 aromatic rings. The van der Waals surface area contributed by atoms with E-state index < -0.39 is 6.85 Å². The molecular weight excluding hydrogens is 410 g/mol. The molecule has 0 bridgehead atoms. The first-order valence-corrected chi connectivity index (χ1v) is 12.8. The van der Waals surface area contributed by atoms with E-state index in [4.69, 9.17) is 4.11 Å². The van der Waals surface area contributed by atoms with Gasteiger partial charge in [0.05, 0.1) is 0 Å². The summed E-state index contributed by atoms with van der Waals surface area (Å²) in [6.45, 7) is 19.8. The van der Waals surface area contributed by atoms with Crippen LogP contribution in [-0.4, -0.2) is 0 Å². The highest BCUT2D eigenvalue weighted by Crippen LogP contribution is 2.42. The number of rotatable bonds is 5. The van der Waals surface area contributed by atoms with E-state index in [1.54, 1.807) is 0 Å². The van der Waals surface area contributed by atoms with Gasteiger partial charge in [-0.1, -0.05) is 80.5 Å². The highest BCUT2D eigenvalue weighted by Gasteiger charge is 2.24. The second-order valence-electron chi connectivity index (χ2n) is 11.9. The number of pyridine rings is 1. The molecule has 1 heteroatoms. The van der Waals surface area contributed by atoms with Crippen LogP contribution in [0.4, 0.5) is 0 Å². The lowest BCUT2D eigenvalue weighted by Crippen LogP contribution is -2.32. The SMILES string of the molecule is [2H]C([2H])([2H])c1cc(C)c(-c2cc(C(C)(C)C)cc[n+]2C)cc1-c1c(C(C)C)cc(C(C)C)cc1C(C)C. The van der Waals surface area contributed by atoms with Gasteiger partial charge < -0.3 is 0 Å². The summed E-state index contributed by atoms with van der Waals surface area (Å²) < 4.78 is 27.6. The Kier molecular flexibility index (Phi) is 6.29. The van der Waals surface area contributed by atoms with Gasteiger partial charge in [-0.25, -0.2) is 4.57 Å². The van der Waals surface area contributed by atoms with E-state index in [2.05, 4.69) is 110 Å². The maximum atomic E-state index is 8.49. The van der Waals surface area contributed by atoms with Gasteiger partial charge in [-0.05, 0) is 87.5 Å². The van der Waals surface area contributed by atoms with Crippen LogP contribution in [0.5, 0.6) is 0 Å². The summed E-state index contributed by atoms with van der Waals surface area (Å²) >= 11 is 0. The molecule has 1 aromatic heterocycles. The van der Waals surface area contributed by atoms with Gasteiger partial charge in [0.25, 0.3) is 0 Å². The predicted octanol–water partition coefficient (Wildman–Crippen LogP) is 9.13. The summed E-state index contributed by atoms with van der Waals surface area (Å²) in [5, 5.41) is 0. The first-order valence-electron chi connectivity index (χ1n) is 14.3.